The molecule has 0 saturated carbocycles. The minimum atomic E-state index is -2.43. The van der Waals surface area contributed by atoms with Crippen LogP contribution in [0.4, 0.5) is 0 Å². The lowest BCUT2D eigenvalue weighted by Gasteiger charge is -2.08. The Kier molecular flexibility index (Phi) is 6.14. The number of Topliss-reactive ketones (excluding diaryl/α,β-unsaturated/α-hetero) is 1. The first-order valence-corrected chi connectivity index (χ1v) is 4.77. The van der Waals surface area contributed by atoms with Crippen molar-refractivity contribution in [2.75, 3.05) is 6.61 Å². The van der Waals surface area contributed by atoms with Crippen LogP contribution in [0.3, 0.4) is 0 Å². The van der Waals surface area contributed by atoms with Crippen LogP contribution in [0, 0.1) is 5.92 Å². The summed E-state index contributed by atoms with van der Waals surface area (Å²) < 4.78 is 24.1. The summed E-state index contributed by atoms with van der Waals surface area (Å²) in [6, 6.07) is 0. The van der Waals surface area contributed by atoms with Crippen LogP contribution in [-0.4, -0.2) is 21.2 Å². The van der Waals surface area contributed by atoms with Gasteiger partial charge in [-0.05, 0) is 19.8 Å². The van der Waals surface area contributed by atoms with E-state index in [0.717, 1.165) is 0 Å². The fraction of sp³-hybridized carbons (Fsp3) is 0.857. The van der Waals surface area contributed by atoms with Gasteiger partial charge in [-0.2, -0.15) is 0 Å². The summed E-state index contributed by atoms with van der Waals surface area (Å²) in [7, 11) is 0. The Morgan fingerprint density at radius 1 is 1.67 bits per heavy atom. The highest BCUT2D eigenvalue weighted by Crippen LogP contribution is 2.06. The molecule has 0 amide bonds. The minimum absolute atomic E-state index is 0.00584. The van der Waals surface area contributed by atoms with Gasteiger partial charge in [0.15, 0.2) is 0 Å². The molecule has 0 aliphatic rings. The van der Waals surface area contributed by atoms with Crippen molar-refractivity contribution in [2.45, 2.75) is 26.7 Å². The molecule has 0 heterocycles. The Morgan fingerprint density at radius 2 is 2.25 bits per heavy atom. The molecule has 0 radical (unpaired) electrons. The van der Waals surface area contributed by atoms with Crippen LogP contribution in [0.25, 0.3) is 0 Å². The van der Waals surface area contributed by atoms with E-state index in [9.17, 15) is 13.6 Å². The van der Waals surface area contributed by atoms with Crippen LogP contribution in [0.2, 0.25) is 0 Å². The van der Waals surface area contributed by atoms with Gasteiger partial charge in [0.05, 0.1) is 18.0 Å². The fourth-order valence-corrected chi connectivity index (χ4v) is 0.974. The zero-order chi connectivity index (χ0) is 9.56. The van der Waals surface area contributed by atoms with E-state index >= 15 is 0 Å². The Labute approximate surface area is 74.8 Å². The van der Waals surface area contributed by atoms with Crippen LogP contribution in [0.15, 0.2) is 0 Å². The van der Waals surface area contributed by atoms with Crippen molar-refractivity contribution in [1.82, 2.24) is 0 Å². The third kappa shape index (κ3) is 6.45. The van der Waals surface area contributed by atoms with Gasteiger partial charge in [-0.15, -0.1) is 0 Å². The lowest BCUT2D eigenvalue weighted by molar-refractivity contribution is -0.120. The average Bonchev–Trinajstić information content (AvgIpc) is 1.97. The Bertz CT molecular complexity index is 169. The van der Waals surface area contributed by atoms with Crippen molar-refractivity contribution in [2.24, 2.45) is 5.92 Å². The zero-order valence-corrected chi connectivity index (χ0v) is 8.06. The Balaban J connectivity index is 3.31. The minimum Gasteiger partial charge on any atom is -0.750 e. The number of carbonyl (C=O) groups is 1. The van der Waals surface area contributed by atoms with Gasteiger partial charge in [0.2, 0.25) is 0 Å². The van der Waals surface area contributed by atoms with Crippen LogP contribution >= 0.6 is 0 Å². The van der Waals surface area contributed by atoms with Gasteiger partial charge < -0.3 is 8.74 Å². The molecule has 0 aromatic heterocycles. The summed E-state index contributed by atoms with van der Waals surface area (Å²) in [5.41, 5.74) is 0. The smallest absolute Gasteiger partial charge is 0.132 e. The van der Waals surface area contributed by atoms with Gasteiger partial charge in [0, 0.05) is 5.92 Å². The summed E-state index contributed by atoms with van der Waals surface area (Å²) in [6.07, 6.45) is 1.27. The standard InChI is InChI=1S/C7H14O4S/c1-6(7(2)8)4-3-5-11-12(9)10/h6H,3-5H2,1-2H3,(H,9,10)/p-1. The third-order valence-electron chi connectivity index (χ3n) is 1.66. The first kappa shape index (κ1) is 11.7. The molecule has 0 spiro atoms. The number of carbonyl (C=O) groups excluding carboxylic acids is 1. The molecule has 0 bridgehead atoms. The molecule has 0 aliphatic carbocycles. The monoisotopic (exact) mass is 193 g/mol. The molecule has 0 aliphatic heterocycles. The Morgan fingerprint density at radius 3 is 2.67 bits per heavy atom. The molecule has 12 heavy (non-hydrogen) atoms. The zero-order valence-electron chi connectivity index (χ0n) is 7.24. The molecular formula is C7H13O4S-. The summed E-state index contributed by atoms with van der Waals surface area (Å²) in [5, 5.41) is 0. The summed E-state index contributed by atoms with van der Waals surface area (Å²) in [5.74, 6) is 0.118. The van der Waals surface area contributed by atoms with E-state index in [1.165, 1.54) is 6.92 Å². The molecule has 0 rings (SSSR count). The molecule has 0 aromatic rings. The van der Waals surface area contributed by atoms with Gasteiger partial charge in [0.1, 0.15) is 5.78 Å². The van der Waals surface area contributed by atoms with Crippen molar-refractivity contribution in [3.8, 4) is 0 Å². The molecule has 0 saturated heterocycles. The van der Waals surface area contributed by atoms with Gasteiger partial charge in [-0.1, -0.05) is 6.92 Å². The highest BCUT2D eigenvalue weighted by atomic mass is 32.2. The van der Waals surface area contributed by atoms with E-state index in [1.807, 2.05) is 6.92 Å². The number of ketones is 1. The quantitative estimate of drug-likeness (QED) is 0.462. The molecule has 2 unspecified atom stereocenters. The van der Waals surface area contributed by atoms with Crippen molar-refractivity contribution < 1.29 is 17.7 Å². The second-order valence-corrected chi connectivity index (χ2v) is 3.32. The van der Waals surface area contributed by atoms with Gasteiger partial charge in [-0.3, -0.25) is 4.79 Å². The topological polar surface area (TPSA) is 66.4 Å². The summed E-state index contributed by atoms with van der Waals surface area (Å²) >= 11 is -2.43. The molecule has 72 valence electrons. The largest absolute Gasteiger partial charge is 0.750 e. The molecule has 4 nitrogen and oxygen atoms in total. The predicted octanol–water partition coefficient (Wildman–Crippen LogP) is 0.802. The molecule has 2 atom stereocenters. The molecule has 0 N–H and O–H groups in total. The van der Waals surface area contributed by atoms with Crippen LogP contribution in [-0.2, 0) is 20.3 Å². The van der Waals surface area contributed by atoms with E-state index in [-0.39, 0.29) is 18.3 Å². The van der Waals surface area contributed by atoms with Crippen molar-refractivity contribution >= 4 is 17.1 Å². The van der Waals surface area contributed by atoms with Gasteiger partial charge in [-0.25, -0.2) is 4.21 Å². The van der Waals surface area contributed by atoms with Gasteiger partial charge in [0.25, 0.3) is 0 Å². The van der Waals surface area contributed by atoms with E-state index in [2.05, 4.69) is 4.18 Å². The van der Waals surface area contributed by atoms with Crippen molar-refractivity contribution in [3.05, 3.63) is 0 Å². The molecule has 5 heteroatoms. The highest BCUT2D eigenvalue weighted by molar-refractivity contribution is 7.74. The predicted molar refractivity (Wildman–Crippen MR) is 44.0 cm³/mol. The number of rotatable bonds is 6. The second-order valence-electron chi connectivity index (χ2n) is 2.68. The summed E-state index contributed by atoms with van der Waals surface area (Å²) in [4.78, 5) is 10.7. The normalized spacial score (nSPS) is 15.6. The van der Waals surface area contributed by atoms with E-state index < -0.39 is 11.4 Å². The SMILES string of the molecule is CC(=O)C(C)CCCOS(=O)[O-]. The molecule has 0 fully saturated rings. The van der Waals surface area contributed by atoms with Gasteiger partial charge >= 0.3 is 0 Å². The van der Waals surface area contributed by atoms with Crippen LogP contribution in [0.5, 0.6) is 0 Å². The first-order chi connectivity index (χ1) is 5.54. The van der Waals surface area contributed by atoms with Crippen LogP contribution in [0.1, 0.15) is 26.7 Å². The second kappa shape index (κ2) is 6.28. The molecule has 0 aromatic carbocycles. The average molecular weight is 193 g/mol. The maximum atomic E-state index is 10.7. The number of hydrogen-bond acceptors (Lipinski definition) is 4. The van der Waals surface area contributed by atoms with E-state index in [4.69, 9.17) is 0 Å². The maximum Gasteiger partial charge on any atom is 0.132 e. The fourth-order valence-electron chi connectivity index (χ4n) is 0.720. The van der Waals surface area contributed by atoms with Crippen molar-refractivity contribution in [1.29, 1.82) is 0 Å². The van der Waals surface area contributed by atoms with Crippen LogP contribution < -0.4 is 0 Å². The highest BCUT2D eigenvalue weighted by Gasteiger charge is 2.06. The van der Waals surface area contributed by atoms with E-state index in [0.29, 0.717) is 12.8 Å². The maximum absolute atomic E-state index is 10.7. The van der Waals surface area contributed by atoms with E-state index in [1.54, 1.807) is 0 Å². The number of hydrogen-bond donors (Lipinski definition) is 0. The summed E-state index contributed by atoms with van der Waals surface area (Å²) in [6.45, 7) is 3.50. The first-order valence-electron chi connectivity index (χ1n) is 3.77. The molecular weight excluding hydrogens is 180 g/mol. The lowest BCUT2D eigenvalue weighted by Crippen LogP contribution is -2.07. The van der Waals surface area contributed by atoms with Crippen molar-refractivity contribution in [3.63, 3.8) is 0 Å². The lowest BCUT2D eigenvalue weighted by atomic mass is 10.0. The Hall–Kier alpha value is -0.260. The third-order valence-corrected chi connectivity index (χ3v) is 2.01.